The zero-order valence-corrected chi connectivity index (χ0v) is 13.4. The van der Waals surface area contributed by atoms with Crippen molar-refractivity contribution in [1.29, 1.82) is 0 Å². The monoisotopic (exact) mass is 326 g/mol. The molecule has 2 aromatic carbocycles. The van der Waals surface area contributed by atoms with Gasteiger partial charge in [0.1, 0.15) is 5.82 Å². The molecule has 1 aliphatic rings. The molecule has 2 N–H and O–H groups in total. The summed E-state index contributed by atoms with van der Waals surface area (Å²) in [6, 6.07) is 13.8. The van der Waals surface area contributed by atoms with Gasteiger partial charge in [-0.25, -0.2) is 4.39 Å². The molecule has 0 aromatic heterocycles. The second-order valence-corrected chi connectivity index (χ2v) is 6.06. The highest BCUT2D eigenvalue weighted by Crippen LogP contribution is 2.39. The predicted molar refractivity (Wildman–Crippen MR) is 89.7 cm³/mol. The van der Waals surface area contributed by atoms with E-state index in [0.717, 1.165) is 11.1 Å². The van der Waals surface area contributed by atoms with Crippen molar-refractivity contribution in [3.8, 4) is 0 Å². The smallest absolute Gasteiger partial charge is 0.228 e. The van der Waals surface area contributed by atoms with Gasteiger partial charge >= 0.3 is 0 Å². The fourth-order valence-electron chi connectivity index (χ4n) is 2.68. The Morgan fingerprint density at radius 1 is 1.04 bits per heavy atom. The van der Waals surface area contributed by atoms with Crippen LogP contribution in [0, 0.1) is 24.6 Å². The molecule has 1 aliphatic carbocycles. The Hall–Kier alpha value is -2.69. The molecule has 2 amide bonds. The first-order valence-electron chi connectivity index (χ1n) is 7.94. The Kier molecular flexibility index (Phi) is 4.60. The van der Waals surface area contributed by atoms with Crippen molar-refractivity contribution in [3.63, 3.8) is 0 Å². The third-order valence-corrected chi connectivity index (χ3v) is 4.31. The standard InChI is InChI=1S/C19H19FN2O2/c1-12-6-2-3-7-13(12)11-21-18(23)14-10-15(14)19(24)22-17-9-5-4-8-16(17)20/h2-9,14-15H,10-11H2,1H3,(H,21,23)(H,22,24). The van der Waals surface area contributed by atoms with Gasteiger partial charge in [-0.05, 0) is 36.6 Å². The number of nitrogens with one attached hydrogen (secondary N) is 2. The van der Waals surface area contributed by atoms with E-state index < -0.39 is 5.82 Å². The number of rotatable bonds is 5. The molecule has 1 saturated carbocycles. The van der Waals surface area contributed by atoms with E-state index in [4.69, 9.17) is 0 Å². The van der Waals surface area contributed by atoms with Gasteiger partial charge in [-0.1, -0.05) is 36.4 Å². The van der Waals surface area contributed by atoms with Gasteiger partial charge in [0.05, 0.1) is 17.5 Å². The van der Waals surface area contributed by atoms with Crippen molar-refractivity contribution < 1.29 is 14.0 Å². The maximum absolute atomic E-state index is 13.5. The van der Waals surface area contributed by atoms with Crippen LogP contribution in [-0.4, -0.2) is 11.8 Å². The lowest BCUT2D eigenvalue weighted by Crippen LogP contribution is -2.27. The number of para-hydroxylation sites is 1. The Labute approximate surface area is 140 Å². The van der Waals surface area contributed by atoms with Crippen molar-refractivity contribution in [2.24, 2.45) is 11.8 Å². The van der Waals surface area contributed by atoms with Crippen LogP contribution in [0.25, 0.3) is 0 Å². The number of halogens is 1. The molecule has 1 fully saturated rings. The number of anilines is 1. The van der Waals surface area contributed by atoms with Crippen molar-refractivity contribution in [2.45, 2.75) is 19.9 Å². The molecule has 2 aromatic rings. The second kappa shape index (κ2) is 6.83. The van der Waals surface area contributed by atoms with Crippen LogP contribution in [0.2, 0.25) is 0 Å². The highest BCUT2D eigenvalue weighted by atomic mass is 19.1. The van der Waals surface area contributed by atoms with E-state index in [-0.39, 0.29) is 29.3 Å². The van der Waals surface area contributed by atoms with Gasteiger partial charge in [0.15, 0.2) is 0 Å². The quantitative estimate of drug-likeness (QED) is 0.887. The fourth-order valence-corrected chi connectivity index (χ4v) is 2.68. The maximum atomic E-state index is 13.5. The van der Waals surface area contributed by atoms with Gasteiger partial charge in [-0.2, -0.15) is 0 Å². The van der Waals surface area contributed by atoms with Gasteiger partial charge < -0.3 is 10.6 Å². The van der Waals surface area contributed by atoms with Crippen molar-refractivity contribution in [3.05, 3.63) is 65.5 Å². The highest BCUT2D eigenvalue weighted by Gasteiger charge is 2.48. The van der Waals surface area contributed by atoms with Crippen molar-refractivity contribution in [2.75, 3.05) is 5.32 Å². The summed E-state index contributed by atoms with van der Waals surface area (Å²) in [6.07, 6.45) is 0.500. The minimum atomic E-state index is -0.480. The SMILES string of the molecule is Cc1ccccc1CNC(=O)C1CC1C(=O)Nc1ccccc1F. The summed E-state index contributed by atoms with van der Waals surface area (Å²) >= 11 is 0. The number of carbonyl (C=O) groups excluding carboxylic acids is 2. The van der Waals surface area contributed by atoms with Crippen LogP contribution >= 0.6 is 0 Å². The van der Waals surface area contributed by atoms with E-state index in [1.807, 2.05) is 31.2 Å². The molecule has 4 nitrogen and oxygen atoms in total. The number of hydrogen-bond acceptors (Lipinski definition) is 2. The van der Waals surface area contributed by atoms with Crippen LogP contribution in [0.1, 0.15) is 17.5 Å². The zero-order chi connectivity index (χ0) is 17.1. The fraction of sp³-hybridized carbons (Fsp3) is 0.263. The Morgan fingerprint density at radius 2 is 1.71 bits per heavy atom. The largest absolute Gasteiger partial charge is 0.352 e. The topological polar surface area (TPSA) is 58.2 Å². The molecule has 0 radical (unpaired) electrons. The lowest BCUT2D eigenvalue weighted by Gasteiger charge is -2.08. The van der Waals surface area contributed by atoms with Crippen LogP contribution in [0.4, 0.5) is 10.1 Å². The molecule has 2 unspecified atom stereocenters. The maximum Gasteiger partial charge on any atom is 0.228 e. The van der Waals surface area contributed by atoms with E-state index in [0.29, 0.717) is 13.0 Å². The Bertz CT molecular complexity index is 775. The number of aryl methyl sites for hydroxylation is 1. The molecule has 0 heterocycles. The minimum absolute atomic E-state index is 0.132. The molecule has 124 valence electrons. The lowest BCUT2D eigenvalue weighted by atomic mass is 10.1. The first-order chi connectivity index (χ1) is 11.6. The molecule has 5 heteroatoms. The number of hydrogen-bond donors (Lipinski definition) is 2. The van der Waals surface area contributed by atoms with Gasteiger partial charge in [0.25, 0.3) is 0 Å². The number of carbonyl (C=O) groups is 2. The molecule has 0 aliphatic heterocycles. The second-order valence-electron chi connectivity index (χ2n) is 6.06. The number of benzene rings is 2. The van der Waals surface area contributed by atoms with Crippen molar-refractivity contribution in [1.82, 2.24) is 5.32 Å². The van der Waals surface area contributed by atoms with Crippen molar-refractivity contribution >= 4 is 17.5 Å². The summed E-state index contributed by atoms with van der Waals surface area (Å²) in [6.45, 7) is 2.44. The van der Waals surface area contributed by atoms with Crippen LogP contribution in [0.15, 0.2) is 48.5 Å². The summed E-state index contributed by atoms with van der Waals surface area (Å²) in [4.78, 5) is 24.3. The third kappa shape index (κ3) is 3.62. The minimum Gasteiger partial charge on any atom is -0.352 e. The first-order valence-corrected chi connectivity index (χ1v) is 7.94. The average molecular weight is 326 g/mol. The molecular formula is C19H19FN2O2. The van der Waals surface area contributed by atoms with E-state index in [1.165, 1.54) is 12.1 Å². The summed E-state index contributed by atoms with van der Waals surface area (Å²) in [7, 11) is 0. The zero-order valence-electron chi connectivity index (χ0n) is 13.4. The highest BCUT2D eigenvalue weighted by molar-refractivity contribution is 5.99. The van der Waals surface area contributed by atoms with Crippen LogP contribution in [0.5, 0.6) is 0 Å². The van der Waals surface area contributed by atoms with E-state index in [9.17, 15) is 14.0 Å². The van der Waals surface area contributed by atoms with E-state index in [2.05, 4.69) is 10.6 Å². The van der Waals surface area contributed by atoms with Crippen LogP contribution in [0.3, 0.4) is 0 Å². The summed E-state index contributed by atoms with van der Waals surface area (Å²) < 4.78 is 13.5. The predicted octanol–water partition coefficient (Wildman–Crippen LogP) is 3.03. The first kappa shape index (κ1) is 16.2. The van der Waals surface area contributed by atoms with Gasteiger partial charge in [-0.3, -0.25) is 9.59 Å². The molecule has 2 atom stereocenters. The summed E-state index contributed by atoms with van der Waals surface area (Å²) in [5.74, 6) is -1.64. The third-order valence-electron chi connectivity index (χ3n) is 4.31. The molecular weight excluding hydrogens is 307 g/mol. The van der Waals surface area contributed by atoms with Gasteiger partial charge in [0.2, 0.25) is 11.8 Å². The molecule has 0 bridgehead atoms. The molecule has 24 heavy (non-hydrogen) atoms. The molecule has 0 saturated heterocycles. The lowest BCUT2D eigenvalue weighted by molar-refractivity contribution is -0.125. The summed E-state index contributed by atoms with van der Waals surface area (Å²) in [5.41, 5.74) is 2.31. The van der Waals surface area contributed by atoms with Gasteiger partial charge in [-0.15, -0.1) is 0 Å². The number of amides is 2. The molecule has 0 spiro atoms. The van der Waals surface area contributed by atoms with E-state index >= 15 is 0 Å². The average Bonchev–Trinajstić information content (AvgIpc) is 3.37. The molecule has 3 rings (SSSR count). The van der Waals surface area contributed by atoms with E-state index in [1.54, 1.807) is 12.1 Å². The van der Waals surface area contributed by atoms with Crippen LogP contribution < -0.4 is 10.6 Å². The Morgan fingerprint density at radius 3 is 2.46 bits per heavy atom. The normalized spacial score (nSPS) is 18.8. The Balaban J connectivity index is 1.51. The van der Waals surface area contributed by atoms with Crippen LogP contribution in [-0.2, 0) is 16.1 Å². The summed E-state index contributed by atoms with van der Waals surface area (Å²) in [5, 5.41) is 5.41. The van der Waals surface area contributed by atoms with Gasteiger partial charge in [0, 0.05) is 6.54 Å².